The molecule has 0 spiro atoms. The van der Waals surface area contributed by atoms with E-state index in [4.69, 9.17) is 14.2 Å². The molecule has 0 unspecified atom stereocenters. The van der Waals surface area contributed by atoms with Crippen LogP contribution in [-0.2, 0) is 11.3 Å². The summed E-state index contributed by atoms with van der Waals surface area (Å²) < 4.78 is 16.7. The number of benzene rings is 1. The number of ether oxygens (including phenoxy) is 3. The van der Waals surface area contributed by atoms with E-state index in [-0.39, 0.29) is 18.8 Å². The molecule has 1 aromatic rings. The Balaban J connectivity index is 2.10. The molecule has 5 nitrogen and oxygen atoms in total. The van der Waals surface area contributed by atoms with Crippen molar-refractivity contribution in [2.45, 2.75) is 39.0 Å². The van der Waals surface area contributed by atoms with Crippen LogP contribution in [0.15, 0.2) is 18.2 Å². The minimum atomic E-state index is 0.159. The highest BCUT2D eigenvalue weighted by Crippen LogP contribution is 2.30. The highest BCUT2D eigenvalue weighted by Gasteiger charge is 2.31. The highest BCUT2D eigenvalue weighted by molar-refractivity contribution is 5.43. The molecule has 1 aliphatic heterocycles. The molecule has 1 aromatic carbocycles. The quantitative estimate of drug-likeness (QED) is 0.796. The van der Waals surface area contributed by atoms with Crippen molar-refractivity contribution >= 4 is 0 Å². The first-order valence-electron chi connectivity index (χ1n) is 7.98. The van der Waals surface area contributed by atoms with Crippen molar-refractivity contribution in [3.63, 3.8) is 0 Å². The Hall–Kier alpha value is -1.30. The summed E-state index contributed by atoms with van der Waals surface area (Å²) >= 11 is 0. The molecule has 1 fully saturated rings. The molecule has 0 bridgehead atoms. The van der Waals surface area contributed by atoms with E-state index in [1.165, 1.54) is 0 Å². The Labute approximate surface area is 132 Å². The van der Waals surface area contributed by atoms with E-state index in [1.54, 1.807) is 7.11 Å². The van der Waals surface area contributed by atoms with Crippen LogP contribution in [0.2, 0.25) is 0 Å². The van der Waals surface area contributed by atoms with E-state index in [2.05, 4.69) is 11.0 Å². The summed E-state index contributed by atoms with van der Waals surface area (Å²) in [6.07, 6.45) is 1.08. The molecule has 22 heavy (non-hydrogen) atoms. The second-order valence-corrected chi connectivity index (χ2v) is 5.51. The van der Waals surface area contributed by atoms with Crippen LogP contribution in [0.3, 0.4) is 0 Å². The van der Waals surface area contributed by atoms with Crippen LogP contribution in [0.5, 0.6) is 11.5 Å². The maximum Gasteiger partial charge on any atom is 0.161 e. The number of hydrogen-bond acceptors (Lipinski definition) is 5. The van der Waals surface area contributed by atoms with Crippen molar-refractivity contribution in [3.05, 3.63) is 23.8 Å². The van der Waals surface area contributed by atoms with E-state index in [0.717, 1.165) is 36.6 Å². The molecule has 1 aliphatic rings. The molecular formula is C17H27NO4. The van der Waals surface area contributed by atoms with Gasteiger partial charge >= 0.3 is 0 Å². The predicted molar refractivity (Wildman–Crippen MR) is 85.5 cm³/mol. The average Bonchev–Trinajstić information content (AvgIpc) is 2.92. The fourth-order valence-corrected chi connectivity index (χ4v) is 2.92. The maximum absolute atomic E-state index is 9.54. The first-order valence-corrected chi connectivity index (χ1v) is 7.98. The summed E-state index contributed by atoms with van der Waals surface area (Å²) in [7, 11) is 1.73. The Morgan fingerprint density at radius 1 is 1.18 bits per heavy atom. The first kappa shape index (κ1) is 17.1. The number of nitrogens with zero attached hydrogens (tertiary/aromatic N) is 1. The lowest BCUT2D eigenvalue weighted by Gasteiger charge is -2.23. The van der Waals surface area contributed by atoms with E-state index in [9.17, 15) is 5.11 Å². The van der Waals surface area contributed by atoms with Gasteiger partial charge < -0.3 is 19.3 Å². The van der Waals surface area contributed by atoms with Gasteiger partial charge in [0.05, 0.1) is 25.9 Å². The third kappa shape index (κ3) is 4.12. The van der Waals surface area contributed by atoms with Crippen LogP contribution in [0.4, 0.5) is 0 Å². The van der Waals surface area contributed by atoms with Gasteiger partial charge in [0, 0.05) is 26.2 Å². The van der Waals surface area contributed by atoms with Gasteiger partial charge in [0.2, 0.25) is 0 Å². The van der Waals surface area contributed by atoms with E-state index >= 15 is 0 Å². The van der Waals surface area contributed by atoms with Crippen molar-refractivity contribution < 1.29 is 19.3 Å². The van der Waals surface area contributed by atoms with Gasteiger partial charge in [-0.2, -0.15) is 0 Å². The van der Waals surface area contributed by atoms with Crippen molar-refractivity contribution in [1.29, 1.82) is 0 Å². The molecular weight excluding hydrogens is 282 g/mol. The van der Waals surface area contributed by atoms with Crippen LogP contribution in [0, 0.1) is 0 Å². The summed E-state index contributed by atoms with van der Waals surface area (Å²) in [5, 5.41) is 9.54. The Bertz CT molecular complexity index is 466. The molecule has 2 rings (SSSR count). The number of likely N-dealkylation sites (tertiary alicyclic amines) is 1. The summed E-state index contributed by atoms with van der Waals surface area (Å²) in [6, 6.07) is 6.21. The van der Waals surface area contributed by atoms with Gasteiger partial charge in [-0.3, -0.25) is 4.90 Å². The molecule has 0 saturated carbocycles. The zero-order valence-corrected chi connectivity index (χ0v) is 13.7. The van der Waals surface area contributed by atoms with Gasteiger partial charge in [-0.15, -0.1) is 0 Å². The van der Waals surface area contributed by atoms with Crippen molar-refractivity contribution in [3.8, 4) is 11.5 Å². The SMILES string of the molecule is CCOc1ccc(CN2C[C@H](OC)C[C@H]2CO)cc1OCC. The zero-order chi connectivity index (χ0) is 15.9. The number of aliphatic hydroxyl groups excluding tert-OH is 1. The molecule has 0 aromatic heterocycles. The molecule has 1 saturated heterocycles. The van der Waals surface area contributed by atoms with Crippen LogP contribution in [0.1, 0.15) is 25.8 Å². The van der Waals surface area contributed by atoms with Crippen molar-refractivity contribution in [1.82, 2.24) is 4.90 Å². The minimum Gasteiger partial charge on any atom is -0.490 e. The summed E-state index contributed by atoms with van der Waals surface area (Å²) in [5.41, 5.74) is 1.15. The monoisotopic (exact) mass is 309 g/mol. The maximum atomic E-state index is 9.54. The van der Waals surface area contributed by atoms with Gasteiger partial charge in [0.15, 0.2) is 11.5 Å². The fourth-order valence-electron chi connectivity index (χ4n) is 2.92. The van der Waals surface area contributed by atoms with Crippen LogP contribution >= 0.6 is 0 Å². The third-order valence-corrected chi connectivity index (χ3v) is 4.03. The molecule has 5 heteroatoms. The third-order valence-electron chi connectivity index (χ3n) is 4.03. The van der Waals surface area contributed by atoms with Gasteiger partial charge in [-0.25, -0.2) is 0 Å². The molecule has 0 aliphatic carbocycles. The van der Waals surface area contributed by atoms with Crippen LogP contribution < -0.4 is 9.47 Å². The number of rotatable bonds is 8. The highest BCUT2D eigenvalue weighted by atomic mass is 16.5. The van der Waals surface area contributed by atoms with Crippen molar-refractivity contribution in [2.24, 2.45) is 0 Å². The lowest BCUT2D eigenvalue weighted by atomic mass is 10.1. The molecule has 124 valence electrons. The summed E-state index contributed by atoms with van der Waals surface area (Å²) in [5.74, 6) is 1.56. The number of hydrogen-bond donors (Lipinski definition) is 1. The lowest BCUT2D eigenvalue weighted by Crippen LogP contribution is -2.31. The standard InChI is InChI=1S/C17H27NO4/c1-4-21-16-7-6-13(8-17(16)22-5-2)10-18-11-15(20-3)9-14(18)12-19/h6-8,14-15,19H,4-5,9-12H2,1-3H3/t14-,15+/m0/s1. The van der Waals surface area contributed by atoms with Gasteiger partial charge in [-0.1, -0.05) is 6.07 Å². The molecule has 1 heterocycles. The van der Waals surface area contributed by atoms with Gasteiger partial charge in [0.25, 0.3) is 0 Å². The lowest BCUT2D eigenvalue weighted by molar-refractivity contribution is 0.107. The molecule has 0 radical (unpaired) electrons. The smallest absolute Gasteiger partial charge is 0.161 e. The predicted octanol–water partition coefficient (Wildman–Crippen LogP) is 2.07. The van der Waals surface area contributed by atoms with Crippen LogP contribution in [-0.4, -0.2) is 55.6 Å². The number of aliphatic hydroxyl groups is 1. The second-order valence-electron chi connectivity index (χ2n) is 5.51. The minimum absolute atomic E-state index is 0.159. The molecule has 1 N–H and O–H groups in total. The Morgan fingerprint density at radius 3 is 2.55 bits per heavy atom. The van der Waals surface area contributed by atoms with E-state index in [0.29, 0.717) is 13.2 Å². The average molecular weight is 309 g/mol. The summed E-state index contributed by atoms with van der Waals surface area (Å²) in [6.45, 7) is 6.94. The van der Waals surface area contributed by atoms with Crippen molar-refractivity contribution in [2.75, 3.05) is 33.5 Å². The fraction of sp³-hybridized carbons (Fsp3) is 0.647. The normalized spacial score (nSPS) is 22.0. The number of methoxy groups -OCH3 is 1. The topological polar surface area (TPSA) is 51.2 Å². The van der Waals surface area contributed by atoms with E-state index < -0.39 is 0 Å². The van der Waals surface area contributed by atoms with Crippen LogP contribution in [0.25, 0.3) is 0 Å². The molecule has 0 amide bonds. The van der Waals surface area contributed by atoms with Gasteiger partial charge in [0.1, 0.15) is 0 Å². The van der Waals surface area contributed by atoms with Gasteiger partial charge in [-0.05, 0) is 38.0 Å². The van der Waals surface area contributed by atoms with E-state index in [1.807, 2.05) is 26.0 Å². The second kappa shape index (κ2) is 8.36. The Kier molecular flexibility index (Phi) is 6.49. The zero-order valence-electron chi connectivity index (χ0n) is 13.7. The first-order chi connectivity index (χ1) is 10.7. The molecule has 2 atom stereocenters. The largest absolute Gasteiger partial charge is 0.490 e. The Morgan fingerprint density at radius 2 is 1.91 bits per heavy atom. The summed E-state index contributed by atoms with van der Waals surface area (Å²) in [4.78, 5) is 2.26.